The molecule has 0 unspecified atom stereocenters. The van der Waals surface area contributed by atoms with E-state index in [2.05, 4.69) is 20.4 Å². The van der Waals surface area contributed by atoms with Crippen LogP contribution in [0.4, 0.5) is 0 Å². The van der Waals surface area contributed by atoms with Crippen LogP contribution in [0.3, 0.4) is 0 Å². The van der Waals surface area contributed by atoms with Crippen LogP contribution in [0.1, 0.15) is 19.4 Å². The highest BCUT2D eigenvalue weighted by Crippen LogP contribution is 2.35. The van der Waals surface area contributed by atoms with Crippen LogP contribution in [-0.4, -0.2) is 31.6 Å². The molecule has 1 amide bonds. The minimum absolute atomic E-state index is 0.00871. The minimum atomic E-state index is -0.284. The Hall–Kier alpha value is -3.04. The number of hydrogen-bond donors (Lipinski definition) is 1. The second-order valence-corrected chi connectivity index (χ2v) is 8.51. The fraction of sp³-hybridized carbons (Fsp3) is 0.250. The first-order valence-electron chi connectivity index (χ1n) is 9.21. The van der Waals surface area contributed by atoms with Crippen molar-refractivity contribution in [2.75, 3.05) is 0 Å². The van der Waals surface area contributed by atoms with Gasteiger partial charge < -0.3 is 9.84 Å². The number of carbonyl (C=O) groups is 1. The van der Waals surface area contributed by atoms with Crippen LogP contribution in [0.15, 0.2) is 39.9 Å². The molecular formula is C20H18ClN5O3S. The molecule has 3 heterocycles. The zero-order valence-corrected chi connectivity index (χ0v) is 18.0. The normalized spacial score (nSPS) is 11.4. The van der Waals surface area contributed by atoms with Gasteiger partial charge in [0.15, 0.2) is 0 Å². The molecule has 0 spiro atoms. The molecule has 154 valence electrons. The van der Waals surface area contributed by atoms with E-state index in [1.54, 1.807) is 25.1 Å². The number of amides is 1. The van der Waals surface area contributed by atoms with E-state index < -0.39 is 0 Å². The number of rotatable bonds is 5. The molecular weight excluding hydrogens is 426 g/mol. The minimum Gasteiger partial charge on any atom is -0.352 e. The standard InChI is InChI=1S/C20H18ClN5O3S/c1-10(2)23-14(27)8-26-9-22-19-15(20(26)28)11(3)16(30-19)18-24-17(25-29-18)12-5-4-6-13(21)7-12/h4-7,9-10H,8H2,1-3H3,(H,23,27). The number of halogens is 1. The smallest absolute Gasteiger partial charge is 0.268 e. The van der Waals surface area contributed by atoms with Crippen molar-refractivity contribution in [3.8, 4) is 22.2 Å². The van der Waals surface area contributed by atoms with Crippen molar-refractivity contribution in [2.24, 2.45) is 0 Å². The van der Waals surface area contributed by atoms with Gasteiger partial charge in [0.05, 0.1) is 16.6 Å². The maximum absolute atomic E-state index is 12.9. The van der Waals surface area contributed by atoms with Crippen LogP contribution in [-0.2, 0) is 11.3 Å². The molecule has 0 fully saturated rings. The highest BCUT2D eigenvalue weighted by molar-refractivity contribution is 7.22. The van der Waals surface area contributed by atoms with E-state index in [1.165, 1.54) is 22.2 Å². The third kappa shape index (κ3) is 3.86. The van der Waals surface area contributed by atoms with Gasteiger partial charge in [-0.1, -0.05) is 28.9 Å². The number of nitrogens with zero attached hydrogens (tertiary/aromatic N) is 4. The van der Waals surface area contributed by atoms with Crippen molar-refractivity contribution in [2.45, 2.75) is 33.4 Å². The SMILES string of the molecule is Cc1c(-c2nc(-c3cccc(Cl)c3)no2)sc2ncn(CC(=O)NC(C)C)c(=O)c12. The van der Waals surface area contributed by atoms with Gasteiger partial charge in [-0.25, -0.2) is 4.98 Å². The molecule has 1 N–H and O–H groups in total. The lowest BCUT2D eigenvalue weighted by molar-refractivity contribution is -0.122. The topological polar surface area (TPSA) is 103 Å². The van der Waals surface area contributed by atoms with E-state index in [9.17, 15) is 9.59 Å². The Morgan fingerprint density at radius 3 is 2.90 bits per heavy atom. The number of aryl methyl sites for hydroxylation is 1. The Labute approximate surface area is 180 Å². The summed E-state index contributed by atoms with van der Waals surface area (Å²) < 4.78 is 6.74. The van der Waals surface area contributed by atoms with Crippen LogP contribution in [0.2, 0.25) is 5.02 Å². The van der Waals surface area contributed by atoms with Crippen molar-refractivity contribution in [1.82, 2.24) is 25.0 Å². The first-order chi connectivity index (χ1) is 14.3. The summed E-state index contributed by atoms with van der Waals surface area (Å²) in [4.78, 5) is 35.0. The number of nitrogens with one attached hydrogen (secondary N) is 1. The average molecular weight is 444 g/mol. The molecule has 8 nitrogen and oxygen atoms in total. The highest BCUT2D eigenvalue weighted by atomic mass is 35.5. The number of benzene rings is 1. The molecule has 0 aliphatic rings. The van der Waals surface area contributed by atoms with Crippen molar-refractivity contribution in [3.05, 3.63) is 51.5 Å². The first-order valence-corrected chi connectivity index (χ1v) is 10.4. The number of aromatic nitrogens is 4. The van der Waals surface area contributed by atoms with E-state index in [4.69, 9.17) is 16.1 Å². The fourth-order valence-electron chi connectivity index (χ4n) is 3.06. The molecule has 10 heteroatoms. The third-order valence-corrected chi connectivity index (χ3v) is 5.81. The summed E-state index contributed by atoms with van der Waals surface area (Å²) in [5.74, 6) is 0.457. The Bertz CT molecular complexity index is 1310. The maximum atomic E-state index is 12.9. The first kappa shape index (κ1) is 20.2. The molecule has 0 aliphatic carbocycles. The molecule has 4 rings (SSSR count). The predicted octanol–water partition coefficient (Wildman–Crippen LogP) is 3.66. The van der Waals surface area contributed by atoms with E-state index in [1.807, 2.05) is 19.9 Å². The van der Waals surface area contributed by atoms with Crippen LogP contribution < -0.4 is 10.9 Å². The molecule has 0 saturated carbocycles. The Balaban J connectivity index is 1.72. The predicted molar refractivity (Wildman–Crippen MR) is 116 cm³/mol. The van der Waals surface area contributed by atoms with Crippen molar-refractivity contribution in [3.63, 3.8) is 0 Å². The molecule has 30 heavy (non-hydrogen) atoms. The van der Waals surface area contributed by atoms with Gasteiger partial charge in [-0.2, -0.15) is 4.98 Å². The molecule has 1 aromatic carbocycles. The van der Waals surface area contributed by atoms with Gasteiger partial charge in [-0.05, 0) is 38.5 Å². The summed E-state index contributed by atoms with van der Waals surface area (Å²) in [6, 6.07) is 7.14. The van der Waals surface area contributed by atoms with Crippen LogP contribution in [0.25, 0.3) is 32.4 Å². The molecule has 0 atom stereocenters. The van der Waals surface area contributed by atoms with Gasteiger partial charge >= 0.3 is 0 Å². The van der Waals surface area contributed by atoms with Crippen LogP contribution in [0.5, 0.6) is 0 Å². The van der Waals surface area contributed by atoms with Gasteiger partial charge in [0.2, 0.25) is 11.7 Å². The fourth-order valence-corrected chi connectivity index (χ4v) is 4.31. The van der Waals surface area contributed by atoms with Crippen LogP contribution in [0, 0.1) is 6.92 Å². The quantitative estimate of drug-likeness (QED) is 0.505. The van der Waals surface area contributed by atoms with E-state index >= 15 is 0 Å². The zero-order valence-electron chi connectivity index (χ0n) is 16.5. The monoisotopic (exact) mass is 443 g/mol. The lowest BCUT2D eigenvalue weighted by Gasteiger charge is -2.09. The van der Waals surface area contributed by atoms with Crippen molar-refractivity contribution in [1.29, 1.82) is 0 Å². The summed E-state index contributed by atoms with van der Waals surface area (Å²) in [5, 5.41) is 7.81. The molecule has 0 aliphatic heterocycles. The summed E-state index contributed by atoms with van der Waals surface area (Å²) in [7, 11) is 0. The molecule has 4 aromatic rings. The van der Waals surface area contributed by atoms with Crippen molar-refractivity contribution < 1.29 is 9.32 Å². The maximum Gasteiger partial charge on any atom is 0.268 e. The molecule has 0 radical (unpaired) electrons. The lowest BCUT2D eigenvalue weighted by Crippen LogP contribution is -2.36. The number of thiophene rings is 1. The van der Waals surface area contributed by atoms with Gasteiger partial charge in [0.25, 0.3) is 11.4 Å². The van der Waals surface area contributed by atoms with Gasteiger partial charge in [0, 0.05) is 16.6 Å². The largest absolute Gasteiger partial charge is 0.352 e. The average Bonchev–Trinajstić information content (AvgIpc) is 3.29. The summed E-state index contributed by atoms with van der Waals surface area (Å²) in [6.07, 6.45) is 1.38. The number of fused-ring (bicyclic) bond motifs is 1. The summed E-state index contributed by atoms with van der Waals surface area (Å²) in [6.45, 7) is 5.43. The molecule has 3 aromatic heterocycles. The second kappa shape index (κ2) is 8.00. The Morgan fingerprint density at radius 2 is 2.17 bits per heavy atom. The Kier molecular flexibility index (Phi) is 5.40. The molecule has 0 saturated heterocycles. The van der Waals surface area contributed by atoms with Crippen LogP contribution >= 0.6 is 22.9 Å². The van der Waals surface area contributed by atoms with Gasteiger partial charge in [0.1, 0.15) is 11.4 Å². The van der Waals surface area contributed by atoms with Crippen molar-refractivity contribution >= 4 is 39.1 Å². The highest BCUT2D eigenvalue weighted by Gasteiger charge is 2.21. The third-order valence-electron chi connectivity index (χ3n) is 4.38. The van der Waals surface area contributed by atoms with Gasteiger partial charge in [-0.3, -0.25) is 14.2 Å². The molecule has 0 bridgehead atoms. The lowest BCUT2D eigenvalue weighted by atomic mass is 10.2. The Morgan fingerprint density at radius 1 is 1.37 bits per heavy atom. The summed E-state index contributed by atoms with van der Waals surface area (Å²) >= 11 is 7.33. The van der Waals surface area contributed by atoms with E-state index in [0.717, 1.165) is 5.56 Å². The second-order valence-electron chi connectivity index (χ2n) is 7.07. The van der Waals surface area contributed by atoms with E-state index in [0.29, 0.717) is 37.4 Å². The number of carbonyl (C=O) groups excluding carboxylic acids is 1. The van der Waals surface area contributed by atoms with E-state index in [-0.39, 0.29) is 24.1 Å². The zero-order chi connectivity index (χ0) is 21.4. The van der Waals surface area contributed by atoms with Gasteiger partial charge in [-0.15, -0.1) is 11.3 Å². The summed E-state index contributed by atoms with van der Waals surface area (Å²) in [5.41, 5.74) is 1.13. The number of hydrogen-bond acceptors (Lipinski definition) is 7.